The molecular weight excluding hydrogens is 833 g/mol. The highest BCUT2D eigenvalue weighted by atomic mass is 15.0. The summed E-state index contributed by atoms with van der Waals surface area (Å²) in [5.74, 6) is 0. The highest BCUT2D eigenvalue weighted by Gasteiger charge is 2.47. The van der Waals surface area contributed by atoms with E-state index >= 15 is 0 Å². The molecule has 0 unspecified atom stereocenters. The summed E-state index contributed by atoms with van der Waals surface area (Å²) in [7, 11) is 0. The molecular formula is C67H44N2. The lowest BCUT2D eigenvalue weighted by Crippen LogP contribution is -2.28. The van der Waals surface area contributed by atoms with Gasteiger partial charge in [0.1, 0.15) is 0 Å². The minimum atomic E-state index is -0.512. The van der Waals surface area contributed by atoms with E-state index in [0.29, 0.717) is 0 Å². The monoisotopic (exact) mass is 876 g/mol. The third-order valence-corrected chi connectivity index (χ3v) is 14.8. The van der Waals surface area contributed by atoms with Crippen molar-refractivity contribution in [2.24, 2.45) is 0 Å². The molecule has 2 nitrogen and oxygen atoms in total. The molecule has 0 atom stereocenters. The average molecular weight is 877 g/mol. The van der Waals surface area contributed by atoms with Gasteiger partial charge in [-0.3, -0.25) is 0 Å². The third-order valence-electron chi connectivity index (χ3n) is 14.8. The van der Waals surface area contributed by atoms with E-state index in [2.05, 4.69) is 276 Å². The van der Waals surface area contributed by atoms with Crippen molar-refractivity contribution in [1.29, 1.82) is 0 Å². The van der Waals surface area contributed by atoms with Gasteiger partial charge in [0.05, 0.1) is 27.5 Å². The van der Waals surface area contributed by atoms with Crippen LogP contribution in [0.1, 0.15) is 22.3 Å². The molecule has 0 N–H and O–H groups in total. The fourth-order valence-electron chi connectivity index (χ4n) is 11.8. The van der Waals surface area contributed by atoms with E-state index in [1.54, 1.807) is 0 Å². The molecule has 69 heavy (non-hydrogen) atoms. The summed E-state index contributed by atoms with van der Waals surface area (Å²) in [6.45, 7) is 0. The molecule has 2 heterocycles. The molecule has 14 rings (SSSR count). The fourth-order valence-corrected chi connectivity index (χ4v) is 11.8. The Kier molecular flexibility index (Phi) is 8.84. The van der Waals surface area contributed by atoms with Crippen LogP contribution < -0.4 is 0 Å². The smallest absolute Gasteiger partial charge is 0.0713 e. The Morgan fingerprint density at radius 1 is 0.261 bits per heavy atom. The molecule has 0 radical (unpaired) electrons. The molecule has 0 spiro atoms. The zero-order chi connectivity index (χ0) is 45.5. The van der Waals surface area contributed by atoms with Crippen LogP contribution in [0.15, 0.2) is 267 Å². The van der Waals surface area contributed by atoms with Crippen molar-refractivity contribution >= 4 is 43.6 Å². The van der Waals surface area contributed by atoms with Crippen molar-refractivity contribution in [2.45, 2.75) is 5.41 Å². The van der Waals surface area contributed by atoms with Crippen LogP contribution in [-0.4, -0.2) is 9.13 Å². The molecule has 2 aromatic heterocycles. The van der Waals surface area contributed by atoms with E-state index < -0.39 is 5.41 Å². The second-order valence-electron chi connectivity index (χ2n) is 18.4. The molecule has 0 fully saturated rings. The van der Waals surface area contributed by atoms with Crippen LogP contribution in [0.5, 0.6) is 0 Å². The molecule has 0 bridgehead atoms. The first kappa shape index (κ1) is 39.2. The number of para-hydroxylation sites is 1. The Balaban J connectivity index is 1.03. The average Bonchev–Trinajstić information content (AvgIpc) is 4.06. The maximum atomic E-state index is 2.50. The van der Waals surface area contributed by atoms with Crippen molar-refractivity contribution in [2.75, 3.05) is 0 Å². The van der Waals surface area contributed by atoms with E-state index in [1.165, 1.54) is 110 Å². The molecule has 0 aliphatic heterocycles. The quantitative estimate of drug-likeness (QED) is 0.151. The van der Waals surface area contributed by atoms with Gasteiger partial charge in [-0.1, -0.05) is 206 Å². The standard InChI is InChI=1S/C67H44N2/c1-5-19-45(20-6-1)47-23-17-29-53(41-47)68-61-34-16-14-31-55(61)57-43-49(35-38-62(57)68)50-36-39-63-58(44-50)66-64(69(63)54-30-18-24-48(42-54)46-21-7-2-8-22-46)40-37-60-65(66)56-32-13-15-33-59(56)67(60,51-25-9-3-10-26-51)52-27-11-4-12-28-52/h1-44H. The summed E-state index contributed by atoms with van der Waals surface area (Å²) in [5, 5.41) is 4.98. The van der Waals surface area contributed by atoms with Gasteiger partial charge in [-0.2, -0.15) is 0 Å². The van der Waals surface area contributed by atoms with Crippen molar-refractivity contribution < 1.29 is 0 Å². The molecule has 0 saturated heterocycles. The van der Waals surface area contributed by atoms with Gasteiger partial charge >= 0.3 is 0 Å². The van der Waals surface area contributed by atoms with Gasteiger partial charge in [-0.25, -0.2) is 0 Å². The summed E-state index contributed by atoms with van der Waals surface area (Å²) in [6, 6.07) is 98.6. The highest BCUT2D eigenvalue weighted by Crippen LogP contribution is 2.59. The lowest BCUT2D eigenvalue weighted by Gasteiger charge is -2.33. The minimum absolute atomic E-state index is 0.512. The molecule has 13 aromatic rings. The van der Waals surface area contributed by atoms with Gasteiger partial charge in [0.15, 0.2) is 0 Å². The lowest BCUT2D eigenvalue weighted by atomic mass is 9.67. The van der Waals surface area contributed by atoms with E-state index in [-0.39, 0.29) is 0 Å². The topological polar surface area (TPSA) is 9.86 Å². The largest absolute Gasteiger partial charge is 0.309 e. The van der Waals surface area contributed by atoms with Gasteiger partial charge in [0.25, 0.3) is 0 Å². The van der Waals surface area contributed by atoms with Gasteiger partial charge in [0.2, 0.25) is 0 Å². The van der Waals surface area contributed by atoms with Crippen LogP contribution in [0.3, 0.4) is 0 Å². The third kappa shape index (κ3) is 5.92. The summed E-state index contributed by atoms with van der Waals surface area (Å²) in [5.41, 5.74) is 21.4. The molecule has 1 aliphatic rings. The Bertz CT molecular complexity index is 4070. The predicted octanol–water partition coefficient (Wildman–Crippen LogP) is 17.2. The number of hydrogen-bond donors (Lipinski definition) is 0. The Hall–Kier alpha value is -8.98. The molecule has 1 aliphatic carbocycles. The first-order valence-electron chi connectivity index (χ1n) is 23.9. The van der Waals surface area contributed by atoms with Crippen LogP contribution in [0.25, 0.3) is 99.5 Å². The maximum absolute atomic E-state index is 2.50. The molecule has 0 saturated carbocycles. The summed E-state index contributed by atoms with van der Waals surface area (Å²) in [6.07, 6.45) is 0. The van der Waals surface area contributed by atoms with Crippen LogP contribution >= 0.6 is 0 Å². The number of aromatic nitrogens is 2. The molecule has 11 aromatic carbocycles. The summed E-state index contributed by atoms with van der Waals surface area (Å²) >= 11 is 0. The van der Waals surface area contributed by atoms with Gasteiger partial charge in [-0.05, 0) is 127 Å². The molecule has 0 amide bonds. The van der Waals surface area contributed by atoms with Crippen LogP contribution in [0.4, 0.5) is 0 Å². The lowest BCUT2D eigenvalue weighted by molar-refractivity contribution is 0.769. The normalized spacial score (nSPS) is 12.8. The maximum Gasteiger partial charge on any atom is 0.0713 e. The number of hydrogen-bond acceptors (Lipinski definition) is 0. The number of nitrogens with zero attached hydrogens (tertiary/aromatic N) is 2. The van der Waals surface area contributed by atoms with Gasteiger partial charge < -0.3 is 9.13 Å². The minimum Gasteiger partial charge on any atom is -0.309 e. The van der Waals surface area contributed by atoms with Crippen molar-refractivity contribution in [3.8, 4) is 55.9 Å². The van der Waals surface area contributed by atoms with E-state index in [9.17, 15) is 0 Å². The molecule has 322 valence electrons. The zero-order valence-electron chi connectivity index (χ0n) is 37.8. The van der Waals surface area contributed by atoms with E-state index in [0.717, 1.165) is 11.4 Å². The zero-order valence-corrected chi connectivity index (χ0v) is 37.8. The fraction of sp³-hybridized carbons (Fsp3) is 0.0149. The summed E-state index contributed by atoms with van der Waals surface area (Å²) in [4.78, 5) is 0. The van der Waals surface area contributed by atoms with Crippen LogP contribution in [0.2, 0.25) is 0 Å². The predicted molar refractivity (Wildman–Crippen MR) is 289 cm³/mol. The molecule has 2 heteroatoms. The Labute approximate surface area is 401 Å². The SMILES string of the molecule is c1ccc(-c2cccc(-n3c4ccccc4c4cc(-c5ccc6c(c5)c5c7c(ccc5n6-c5cccc(-c6ccccc6)c5)C(c5ccccc5)(c5ccccc5)c5ccccc5-7)ccc43)c2)cc1. The van der Waals surface area contributed by atoms with E-state index in [1.807, 2.05) is 0 Å². The first-order valence-corrected chi connectivity index (χ1v) is 23.9. The van der Waals surface area contributed by atoms with Gasteiger partial charge in [0, 0.05) is 32.9 Å². The number of fused-ring (bicyclic) bond motifs is 10. The highest BCUT2D eigenvalue weighted by molar-refractivity contribution is 6.19. The van der Waals surface area contributed by atoms with E-state index in [4.69, 9.17) is 0 Å². The summed E-state index contributed by atoms with van der Waals surface area (Å²) < 4.78 is 4.92. The number of benzene rings is 11. The van der Waals surface area contributed by atoms with Gasteiger partial charge in [-0.15, -0.1) is 0 Å². The first-order chi connectivity index (χ1) is 34.2. The Morgan fingerprint density at radius 2 is 0.710 bits per heavy atom. The van der Waals surface area contributed by atoms with Crippen molar-refractivity contribution in [3.05, 3.63) is 289 Å². The second-order valence-corrected chi connectivity index (χ2v) is 18.4. The van der Waals surface area contributed by atoms with Crippen LogP contribution in [-0.2, 0) is 5.41 Å². The second kappa shape index (κ2) is 15.6. The van der Waals surface area contributed by atoms with Crippen molar-refractivity contribution in [3.63, 3.8) is 0 Å². The van der Waals surface area contributed by atoms with Crippen LogP contribution in [0, 0.1) is 0 Å². The Morgan fingerprint density at radius 3 is 1.33 bits per heavy atom. The van der Waals surface area contributed by atoms with Crippen molar-refractivity contribution in [1.82, 2.24) is 9.13 Å². The number of rotatable bonds is 7.